The molecule has 9 nitrogen and oxygen atoms in total. The van der Waals surface area contributed by atoms with Crippen LogP contribution >= 0.6 is 0 Å². The zero-order chi connectivity index (χ0) is 25.5. The zero-order valence-corrected chi connectivity index (χ0v) is 20.5. The van der Waals surface area contributed by atoms with E-state index in [1.807, 2.05) is 30.3 Å². The first-order valence-electron chi connectivity index (χ1n) is 11.9. The molecular weight excluding hydrogens is 460 g/mol. The summed E-state index contributed by atoms with van der Waals surface area (Å²) in [5.41, 5.74) is 2.49. The minimum atomic E-state index is -0.603. The van der Waals surface area contributed by atoms with Crippen molar-refractivity contribution in [1.29, 1.82) is 0 Å². The first kappa shape index (κ1) is 25.0. The summed E-state index contributed by atoms with van der Waals surface area (Å²) in [5, 5.41) is 14.3. The van der Waals surface area contributed by atoms with Gasteiger partial charge in [0, 0.05) is 50.2 Å². The summed E-state index contributed by atoms with van der Waals surface area (Å²) < 4.78 is 10.7. The molecule has 1 saturated heterocycles. The minimum absolute atomic E-state index is 0.0946. The molecule has 0 saturated carbocycles. The third-order valence-corrected chi connectivity index (χ3v) is 6.13. The lowest BCUT2D eigenvalue weighted by Gasteiger charge is -2.36. The van der Waals surface area contributed by atoms with Crippen molar-refractivity contribution >= 4 is 23.0 Å². The molecule has 1 aliphatic rings. The van der Waals surface area contributed by atoms with E-state index in [1.165, 1.54) is 24.8 Å². The molecule has 1 heterocycles. The zero-order valence-electron chi connectivity index (χ0n) is 20.5. The number of ether oxygens (including phenoxy) is 2. The second-order valence-electron chi connectivity index (χ2n) is 8.46. The fraction of sp³-hybridized carbons (Fsp3) is 0.296. The Hall–Kier alpha value is -4.11. The lowest BCUT2D eigenvalue weighted by atomic mass is 10.1. The fourth-order valence-corrected chi connectivity index (χ4v) is 4.27. The van der Waals surface area contributed by atoms with E-state index in [-0.39, 0.29) is 22.7 Å². The van der Waals surface area contributed by atoms with Gasteiger partial charge in [0.2, 0.25) is 0 Å². The van der Waals surface area contributed by atoms with Crippen molar-refractivity contribution in [2.45, 2.75) is 13.5 Å². The molecule has 1 fully saturated rings. The topological polar surface area (TPSA) is 97.2 Å². The Bertz CT molecular complexity index is 1190. The molecule has 0 aromatic heterocycles. The van der Waals surface area contributed by atoms with Crippen LogP contribution in [0, 0.1) is 10.1 Å². The number of amides is 1. The molecule has 3 aromatic rings. The van der Waals surface area contributed by atoms with Crippen LogP contribution in [0.3, 0.4) is 0 Å². The number of carbonyl (C=O) groups excluding carboxylic acids is 1. The molecule has 188 valence electrons. The van der Waals surface area contributed by atoms with E-state index in [4.69, 9.17) is 9.47 Å². The summed E-state index contributed by atoms with van der Waals surface area (Å²) in [6.07, 6.45) is 0. The van der Waals surface area contributed by atoms with Crippen LogP contribution in [0.2, 0.25) is 0 Å². The molecule has 36 heavy (non-hydrogen) atoms. The molecule has 0 radical (unpaired) electrons. The second kappa shape index (κ2) is 11.5. The van der Waals surface area contributed by atoms with Crippen molar-refractivity contribution in [2.24, 2.45) is 0 Å². The number of nitrogens with zero attached hydrogens (tertiary/aromatic N) is 3. The number of hydrogen-bond acceptors (Lipinski definition) is 7. The molecule has 0 aliphatic carbocycles. The normalized spacial score (nSPS) is 13.8. The molecule has 0 unspecified atom stereocenters. The first-order valence-corrected chi connectivity index (χ1v) is 11.9. The summed E-state index contributed by atoms with van der Waals surface area (Å²) in [5.74, 6) is -0.113. The molecule has 4 rings (SSSR count). The highest BCUT2D eigenvalue weighted by atomic mass is 16.6. The van der Waals surface area contributed by atoms with Crippen LogP contribution in [0.4, 0.5) is 17.1 Å². The van der Waals surface area contributed by atoms with Gasteiger partial charge in [-0.15, -0.1) is 0 Å². The molecule has 1 aliphatic heterocycles. The summed E-state index contributed by atoms with van der Waals surface area (Å²) in [7, 11) is 1.39. The SMILES string of the molecule is CCOc1cc(C(=O)Nc2ccc(N3CCN(Cc4ccccc4)CC3)cc2)c([N+](=O)[O-])cc1OC. The van der Waals surface area contributed by atoms with Gasteiger partial charge in [-0.05, 0) is 36.8 Å². The van der Waals surface area contributed by atoms with E-state index in [9.17, 15) is 14.9 Å². The molecular formula is C27H30N4O5. The minimum Gasteiger partial charge on any atom is -0.493 e. The first-order chi connectivity index (χ1) is 17.5. The van der Waals surface area contributed by atoms with Gasteiger partial charge in [-0.25, -0.2) is 0 Å². The quantitative estimate of drug-likeness (QED) is 0.346. The smallest absolute Gasteiger partial charge is 0.286 e. The van der Waals surface area contributed by atoms with Gasteiger partial charge in [0.05, 0.1) is 24.7 Å². The molecule has 0 atom stereocenters. The Balaban J connectivity index is 1.40. The lowest BCUT2D eigenvalue weighted by Crippen LogP contribution is -2.45. The van der Waals surface area contributed by atoms with E-state index in [2.05, 4.69) is 39.4 Å². The Labute approximate surface area is 210 Å². The number of anilines is 2. The average Bonchev–Trinajstić information content (AvgIpc) is 2.90. The van der Waals surface area contributed by atoms with Crippen LogP contribution in [0.1, 0.15) is 22.8 Å². The monoisotopic (exact) mass is 490 g/mol. The van der Waals surface area contributed by atoms with Crippen LogP contribution in [-0.2, 0) is 6.54 Å². The largest absolute Gasteiger partial charge is 0.493 e. The van der Waals surface area contributed by atoms with Crippen molar-refractivity contribution < 1.29 is 19.2 Å². The van der Waals surface area contributed by atoms with Crippen LogP contribution < -0.4 is 19.7 Å². The number of nitrogens with one attached hydrogen (secondary N) is 1. The Morgan fingerprint density at radius 2 is 1.69 bits per heavy atom. The Morgan fingerprint density at radius 1 is 1.00 bits per heavy atom. The van der Waals surface area contributed by atoms with Crippen molar-refractivity contribution in [1.82, 2.24) is 4.90 Å². The summed E-state index contributed by atoms with van der Waals surface area (Å²) in [6, 6.07) is 20.5. The molecule has 9 heteroatoms. The maximum absolute atomic E-state index is 12.9. The number of nitro benzene ring substituents is 1. The van der Waals surface area contributed by atoms with E-state index >= 15 is 0 Å². The maximum atomic E-state index is 12.9. The number of hydrogen-bond donors (Lipinski definition) is 1. The number of methoxy groups -OCH3 is 1. The van der Waals surface area contributed by atoms with Crippen molar-refractivity contribution in [3.63, 3.8) is 0 Å². The number of carbonyl (C=O) groups is 1. The van der Waals surface area contributed by atoms with Gasteiger partial charge in [-0.1, -0.05) is 30.3 Å². The van der Waals surface area contributed by atoms with E-state index in [0.29, 0.717) is 12.3 Å². The fourth-order valence-electron chi connectivity index (χ4n) is 4.27. The van der Waals surface area contributed by atoms with Crippen LogP contribution in [0.5, 0.6) is 11.5 Å². The molecule has 1 amide bonds. The highest BCUT2D eigenvalue weighted by Gasteiger charge is 2.25. The van der Waals surface area contributed by atoms with Gasteiger partial charge in [0.15, 0.2) is 11.5 Å². The summed E-state index contributed by atoms with van der Waals surface area (Å²) in [6.45, 7) is 6.83. The van der Waals surface area contributed by atoms with Crippen molar-refractivity contribution in [2.75, 3.05) is 50.1 Å². The lowest BCUT2D eigenvalue weighted by molar-refractivity contribution is -0.385. The highest BCUT2D eigenvalue weighted by molar-refractivity contribution is 6.07. The Kier molecular flexibility index (Phi) is 8.02. The molecule has 0 bridgehead atoms. The molecule has 0 spiro atoms. The van der Waals surface area contributed by atoms with Crippen LogP contribution in [-0.4, -0.2) is 55.6 Å². The van der Waals surface area contributed by atoms with Gasteiger partial charge in [0.1, 0.15) is 5.56 Å². The van der Waals surface area contributed by atoms with Crippen molar-refractivity contribution in [3.8, 4) is 11.5 Å². The average molecular weight is 491 g/mol. The maximum Gasteiger partial charge on any atom is 0.286 e. The predicted octanol–water partition coefficient (Wildman–Crippen LogP) is 4.58. The Morgan fingerprint density at radius 3 is 2.31 bits per heavy atom. The molecule has 3 aromatic carbocycles. The summed E-state index contributed by atoms with van der Waals surface area (Å²) >= 11 is 0. The number of benzene rings is 3. The second-order valence-corrected chi connectivity index (χ2v) is 8.46. The van der Waals surface area contributed by atoms with Crippen LogP contribution in [0.15, 0.2) is 66.7 Å². The van der Waals surface area contributed by atoms with E-state index in [1.54, 1.807) is 6.92 Å². The third kappa shape index (κ3) is 5.92. The van der Waals surface area contributed by atoms with Gasteiger partial charge >= 0.3 is 0 Å². The predicted molar refractivity (Wildman–Crippen MR) is 139 cm³/mol. The van der Waals surface area contributed by atoms with E-state index in [0.717, 1.165) is 38.4 Å². The standard InChI is InChI=1S/C27H30N4O5/c1-3-36-26-17-23(24(31(33)34)18-25(26)35-2)27(32)28-21-9-11-22(12-10-21)30-15-13-29(14-16-30)19-20-7-5-4-6-8-20/h4-12,17-18H,3,13-16,19H2,1-2H3,(H,28,32). The number of rotatable bonds is 9. The van der Waals surface area contributed by atoms with Gasteiger partial charge in [-0.3, -0.25) is 19.8 Å². The summed E-state index contributed by atoms with van der Waals surface area (Å²) in [4.78, 5) is 28.7. The highest BCUT2D eigenvalue weighted by Crippen LogP contribution is 2.35. The molecule has 1 N–H and O–H groups in total. The van der Waals surface area contributed by atoms with Crippen molar-refractivity contribution in [3.05, 3.63) is 88.0 Å². The number of piperazine rings is 1. The van der Waals surface area contributed by atoms with E-state index < -0.39 is 10.8 Å². The van der Waals surface area contributed by atoms with Gasteiger partial charge in [0.25, 0.3) is 11.6 Å². The van der Waals surface area contributed by atoms with Gasteiger partial charge < -0.3 is 19.7 Å². The van der Waals surface area contributed by atoms with Crippen LogP contribution in [0.25, 0.3) is 0 Å². The van der Waals surface area contributed by atoms with Gasteiger partial charge in [-0.2, -0.15) is 0 Å². The third-order valence-electron chi connectivity index (χ3n) is 6.13. The number of nitro groups is 1.